The first-order valence-electron chi connectivity index (χ1n) is 31.7. The van der Waals surface area contributed by atoms with E-state index in [-0.39, 0.29) is 207 Å². The predicted octanol–water partition coefficient (Wildman–Crippen LogP) is -45.0. The summed E-state index contributed by atoms with van der Waals surface area (Å²) >= 11 is 0. The van der Waals surface area contributed by atoms with E-state index < -0.39 is 323 Å². The van der Waals surface area contributed by atoms with Crippen molar-refractivity contribution in [2.45, 2.75) is 210 Å². The molecule has 8 aliphatic heterocycles. The van der Waals surface area contributed by atoms with Gasteiger partial charge in [-0.2, -0.15) is 0 Å². The maximum absolute atomic E-state index is 11.4. The molecule has 8 rings (SSSR count). The summed E-state index contributed by atoms with van der Waals surface area (Å²) in [6.07, 6.45) is -47.7. The molecule has 0 aromatic carbocycles. The summed E-state index contributed by atoms with van der Waals surface area (Å²) in [6.45, 7) is -1.20. The van der Waals surface area contributed by atoms with Gasteiger partial charge in [-0.05, 0) is 24.3 Å². The zero-order valence-electron chi connectivity index (χ0n) is 64.6. The molecule has 8 heterocycles. The summed E-state index contributed by atoms with van der Waals surface area (Å²) < 4.78 is 193. The molecule has 68 heteroatoms. The third kappa shape index (κ3) is 37.4. The second-order valence-corrected chi connectivity index (χ2v) is 29.4. The second kappa shape index (κ2) is 55.2. The molecular weight excluding hydrogens is 1830 g/mol. The number of aliphatic hydroxyl groups excluding tert-OH is 18. The zero-order chi connectivity index (χ0) is 86.6. The van der Waals surface area contributed by atoms with Gasteiger partial charge in [-0.1, -0.05) is 0 Å². The van der Waals surface area contributed by atoms with E-state index in [9.17, 15) is 188 Å². The molecule has 4 saturated heterocycles. The minimum Gasteiger partial charge on any atom is -0.735 e. The minimum atomic E-state index is -5.52. The molecular formula is C53H75N4Na7O53S4. The zero-order valence-corrected chi connectivity index (χ0v) is 81.9. The van der Waals surface area contributed by atoms with Crippen LogP contribution in [0, 0.1) is 0 Å². The van der Waals surface area contributed by atoms with Gasteiger partial charge in [0.05, 0.1) is 32.7 Å². The molecule has 0 aromatic heterocycles. The van der Waals surface area contributed by atoms with Gasteiger partial charge >= 0.3 is 207 Å². The molecule has 0 aliphatic carbocycles. The van der Waals surface area contributed by atoms with Gasteiger partial charge < -0.3 is 213 Å². The van der Waals surface area contributed by atoms with Crippen molar-refractivity contribution in [2.75, 3.05) is 32.7 Å². The number of carbonyl (C=O) groups excluding carboxylic acids is 6. The molecule has 121 heavy (non-hydrogen) atoms. The van der Waals surface area contributed by atoms with Crippen molar-refractivity contribution in [3.8, 4) is 0 Å². The summed E-state index contributed by atoms with van der Waals surface area (Å²) in [5, 5.41) is 226. The van der Waals surface area contributed by atoms with Crippen LogP contribution in [-0.4, -0.2) is 404 Å². The van der Waals surface area contributed by atoms with Crippen molar-refractivity contribution in [3.05, 3.63) is 47.3 Å². The number of carboxylic acid groups (broad SMARTS) is 4. The number of carboxylic acids is 4. The number of aliphatic hydroxyl groups is 18. The third-order valence-corrected chi connectivity index (χ3v) is 18.2. The van der Waals surface area contributed by atoms with Gasteiger partial charge in [0.2, 0.25) is 67.8 Å². The van der Waals surface area contributed by atoms with Crippen molar-refractivity contribution < 1.29 is 461 Å². The molecule has 32 atom stereocenters. The summed E-state index contributed by atoms with van der Waals surface area (Å²) in [5.74, 6) is -12.5. The quantitative estimate of drug-likeness (QED) is 0.0217. The number of aliphatic carboxylic acids is 4. The Hall–Kier alpha value is 0.460. The Balaban J connectivity index is -0.00000151. The molecule has 8 aliphatic rings. The molecule has 656 valence electrons. The van der Waals surface area contributed by atoms with Crippen molar-refractivity contribution in [3.63, 3.8) is 0 Å². The fourth-order valence-electron chi connectivity index (χ4n) is 11.0. The normalized spacial score (nSPS) is 36.3. The second-order valence-electron chi connectivity index (χ2n) is 24.4. The Bertz CT molecular complexity index is 3950. The van der Waals surface area contributed by atoms with Crippen LogP contribution in [0.3, 0.4) is 0 Å². The third-order valence-electron chi connectivity index (χ3n) is 16.0. The molecule has 0 radical (unpaired) electrons. The predicted molar refractivity (Wildman–Crippen MR) is 326 cm³/mol. The van der Waals surface area contributed by atoms with E-state index >= 15 is 0 Å². The smallest absolute Gasteiger partial charge is 0.735 e. The van der Waals surface area contributed by atoms with Crippen molar-refractivity contribution >= 4 is 76.8 Å². The van der Waals surface area contributed by atoms with Crippen molar-refractivity contribution in [1.29, 1.82) is 0 Å². The Morgan fingerprint density at radius 2 is 0.579 bits per heavy atom. The van der Waals surface area contributed by atoms with E-state index in [0.29, 0.717) is 24.3 Å². The average molecular weight is 1910 g/mol. The van der Waals surface area contributed by atoms with Crippen LogP contribution in [0.15, 0.2) is 47.3 Å². The largest absolute Gasteiger partial charge is 1.00 e. The maximum Gasteiger partial charge on any atom is 1.00 e. The Morgan fingerprint density at radius 1 is 0.355 bits per heavy atom. The number of nitrogens with one attached hydrogen (secondary N) is 4. The number of hydrogen-bond acceptors (Lipinski definition) is 53. The van der Waals surface area contributed by atoms with Crippen LogP contribution in [0.1, 0.15) is 13.8 Å². The van der Waals surface area contributed by atoms with E-state index in [2.05, 4.69) is 19.0 Å². The van der Waals surface area contributed by atoms with Gasteiger partial charge in [-0.3, -0.25) is 18.0 Å². The summed E-state index contributed by atoms with van der Waals surface area (Å²) in [7, 11) is -20.1. The molecule has 22 N–H and O–H groups in total. The minimum absolute atomic E-state index is 0. The molecule has 0 spiro atoms. The van der Waals surface area contributed by atoms with Crippen LogP contribution in [0.2, 0.25) is 0 Å². The molecule has 4 fully saturated rings. The molecule has 2 amide bonds. The Kier molecular flexibility index (Phi) is 57.3. The van der Waals surface area contributed by atoms with E-state index in [1.807, 2.05) is 4.72 Å². The molecule has 57 nitrogen and oxygen atoms in total. The van der Waals surface area contributed by atoms with Crippen LogP contribution < -0.4 is 247 Å². The van der Waals surface area contributed by atoms with Crippen molar-refractivity contribution in [2.24, 2.45) is 0 Å². The van der Waals surface area contributed by atoms with Crippen LogP contribution >= 0.6 is 0 Å². The fraction of sp³-hybridized carbons (Fsp3) is 0.736. The van der Waals surface area contributed by atoms with Gasteiger partial charge in [-0.25, -0.2) is 43.1 Å². The number of ether oxygens (including phenoxy) is 12. The molecule has 0 aromatic rings. The Labute approximate surface area is 837 Å². The average Bonchev–Trinajstić information content (AvgIpc) is 0.790. The van der Waals surface area contributed by atoms with E-state index in [1.54, 1.807) is 0 Å². The number of hydrogen-bond donors (Lipinski definition) is 22. The van der Waals surface area contributed by atoms with Gasteiger partial charge in [0.15, 0.2) is 47.7 Å². The summed E-state index contributed by atoms with van der Waals surface area (Å²) in [5.41, 5.74) is 0. The van der Waals surface area contributed by atoms with E-state index in [4.69, 9.17) is 56.8 Å². The number of rotatable bonds is 26. The Morgan fingerprint density at radius 3 is 0.802 bits per heavy atom. The van der Waals surface area contributed by atoms with Gasteiger partial charge in [0.25, 0.3) is 0 Å². The van der Waals surface area contributed by atoms with Crippen LogP contribution in [0.5, 0.6) is 0 Å². The van der Waals surface area contributed by atoms with E-state index in [1.165, 1.54) is 4.72 Å². The van der Waals surface area contributed by atoms with Gasteiger partial charge in [0, 0.05) is 13.8 Å². The first kappa shape index (κ1) is 126. The SMILES string of the molecule is CC(=O)N[C@H]1C(O)O[C@H](CO)C(O[C@@H]2OC(C(=O)[O-])=C[C@H](O)[C@H]2O)[C@@H]1O.CC(=O)N[C@H]1C(O)O[C@H](CO)C(O[C@@H]2OC(C(=O)[O-])=C[C@H](O)[C@H]2OS(=O)(=O)[O-])[C@@H]1O.CS(=O)(=O)N[C@H]1C(O)O[C@H](CO)C(O[C@@H]2OC(C(=O)[O-])=C[C@H](O)[C@H]2O)[C@@H]1O.O=C([O-])C1=C[C@H](O)[C@@H](OS(=O)(=O)[O-])[C@H](OC2[C@@H](CO)OC(O)[C@H](NS(=O)(=O)[O-])[C@H]2O)O1.[Na+].[Na+].[Na+].[Na+].[Na+].[Na+].[Na+]. The standard InChI is InChI=1S/C14H21NO14S.C14H21NO11.C13H21NO12S.C12H19NO16S2.7Na/c1-4(17)15-8-9(19)11(7(3-16)26-13(8)22)28-14-10(29-30(23,24)25)5(18)2-6(27-14)12(20)21;1-4(17)15-8-10(20)11(7(3-16)24-13(8)23)26-14-9(19)5(18)2-6(25-14)12(21)22;1-27(22,23)14-7-9(18)10(6(3-15)24-12(7)21)26-13-8(17)4(16)2-5(25-13)11(19)20;14-2-5-9(7(16)6(11(19)26-5)13-30(20,21)22)28-12-8(29-31(23,24)25)3(15)1-4(27-12)10(17)18;;;;;;;/h2,5,7-11,13-14,16,18-19,22H,3H2,1H3,(H,15,17)(H,20,21)(H,23,24,25);2,5,7-11,13-14,16,18-20,23H,3H2,1H3,(H,15,17)(H,21,22);2,4,6-10,12-18,21H,3H2,1H3,(H,19,20);1,3,5-9,11-16,19H,2H2,(H,17,18)(H,20,21,22)(H,23,24,25);;;;;;;/q;;;;7*+1/p-7/t2*5-,7+,8+,9+,10+,11?,13?,14-;4-,6+,7+,8+,9+,10?,12?,13-;3-,5+,6+,7+,8+,9?,11?,12-;;;;;;;/m0000......./s1. The number of carbonyl (C=O) groups is 6. The van der Waals surface area contributed by atoms with Gasteiger partial charge in [0.1, 0.15) is 181 Å². The summed E-state index contributed by atoms with van der Waals surface area (Å²) in [4.78, 5) is 66.4. The van der Waals surface area contributed by atoms with Gasteiger partial charge in [-0.15, -0.1) is 0 Å². The monoisotopic (exact) mass is 1900 g/mol. The first-order chi connectivity index (χ1) is 52.6. The molecule has 0 saturated carbocycles. The number of sulfonamides is 1. The van der Waals surface area contributed by atoms with Crippen LogP contribution in [-0.2, 0) is 135 Å². The number of amides is 2. The van der Waals surface area contributed by atoms with E-state index in [0.717, 1.165) is 20.1 Å². The fourth-order valence-corrected chi connectivity index (χ4v) is 13.3. The van der Waals surface area contributed by atoms with Crippen molar-refractivity contribution in [1.82, 2.24) is 20.1 Å². The van der Waals surface area contributed by atoms with Crippen LogP contribution in [0.4, 0.5) is 0 Å². The summed E-state index contributed by atoms with van der Waals surface area (Å²) in [6, 6.07) is -6.48. The first-order valence-corrected chi connectivity index (χ1v) is 37.6. The topological polar surface area (TPSA) is 942 Å². The maximum atomic E-state index is 11.4. The molecule has 0 bridgehead atoms. The van der Waals surface area contributed by atoms with Crippen LogP contribution in [0.25, 0.3) is 0 Å². The molecule has 8 unspecified atom stereocenters.